The first-order valence-electron chi connectivity index (χ1n) is 7.45. The predicted molar refractivity (Wildman–Crippen MR) is 78.9 cm³/mol. The van der Waals surface area contributed by atoms with Crippen LogP contribution >= 0.6 is 0 Å². The molecule has 4 N–H and O–H groups in total. The molecule has 1 aromatic carbocycles. The van der Waals surface area contributed by atoms with Gasteiger partial charge in [0.25, 0.3) is 0 Å². The van der Waals surface area contributed by atoms with Gasteiger partial charge in [-0.2, -0.15) is 0 Å². The fourth-order valence-electron chi connectivity index (χ4n) is 2.83. The van der Waals surface area contributed by atoms with E-state index in [1.54, 1.807) is 12.1 Å². The molecule has 2 rings (SSSR count). The van der Waals surface area contributed by atoms with Gasteiger partial charge in [-0.15, -0.1) is 0 Å². The molecule has 1 amide bonds. The van der Waals surface area contributed by atoms with Crippen molar-refractivity contribution in [2.24, 2.45) is 11.7 Å². The predicted octanol–water partition coefficient (Wildman–Crippen LogP) is 1.88. The Kier molecular flexibility index (Phi) is 5.31. The molecule has 0 bridgehead atoms. The molecule has 1 aliphatic carbocycles. The number of hydrogen-bond donors (Lipinski definition) is 3. The molecule has 0 saturated heterocycles. The Morgan fingerprint density at radius 1 is 1.43 bits per heavy atom. The number of nitrogens with one attached hydrogen (secondary N) is 1. The molecule has 116 valence electrons. The average molecular weight is 294 g/mol. The molecule has 4 atom stereocenters. The lowest BCUT2D eigenvalue weighted by Crippen LogP contribution is -2.37. The van der Waals surface area contributed by atoms with Crippen LogP contribution in [-0.2, 0) is 4.79 Å². The molecule has 0 aromatic heterocycles. The van der Waals surface area contributed by atoms with Crippen molar-refractivity contribution >= 4 is 5.91 Å². The lowest BCUT2D eigenvalue weighted by atomic mass is 10.0. The highest BCUT2D eigenvalue weighted by molar-refractivity contribution is 5.79. The smallest absolute Gasteiger partial charge is 0.223 e. The number of carbonyl (C=O) groups is 1. The van der Waals surface area contributed by atoms with E-state index in [0.717, 1.165) is 19.3 Å². The van der Waals surface area contributed by atoms with E-state index in [9.17, 15) is 14.3 Å². The van der Waals surface area contributed by atoms with Crippen LogP contribution in [0.4, 0.5) is 4.39 Å². The van der Waals surface area contributed by atoms with E-state index < -0.39 is 6.10 Å². The summed E-state index contributed by atoms with van der Waals surface area (Å²) in [5.74, 6) is -0.322. The van der Waals surface area contributed by atoms with Gasteiger partial charge in [-0.1, -0.05) is 12.1 Å². The van der Waals surface area contributed by atoms with Crippen molar-refractivity contribution in [3.8, 4) is 0 Å². The van der Waals surface area contributed by atoms with Crippen LogP contribution in [-0.4, -0.2) is 23.1 Å². The monoisotopic (exact) mass is 294 g/mol. The van der Waals surface area contributed by atoms with Gasteiger partial charge in [0.1, 0.15) is 5.82 Å². The number of amides is 1. The Morgan fingerprint density at radius 2 is 2.10 bits per heavy atom. The van der Waals surface area contributed by atoms with E-state index in [1.165, 1.54) is 12.1 Å². The van der Waals surface area contributed by atoms with Crippen molar-refractivity contribution in [2.45, 2.75) is 50.8 Å². The summed E-state index contributed by atoms with van der Waals surface area (Å²) in [7, 11) is 0. The second kappa shape index (κ2) is 7.00. The maximum absolute atomic E-state index is 12.8. The third-order valence-corrected chi connectivity index (χ3v) is 4.06. The molecule has 4 nitrogen and oxygen atoms in total. The molecule has 4 unspecified atom stereocenters. The molecule has 21 heavy (non-hydrogen) atoms. The SMILES string of the molecule is CC(CC(O)c1ccc(F)cc1)NC(=O)C1CCC(N)C1. The topological polar surface area (TPSA) is 75.3 Å². The van der Waals surface area contributed by atoms with E-state index in [0.29, 0.717) is 12.0 Å². The third-order valence-electron chi connectivity index (χ3n) is 4.06. The standard InChI is InChI=1S/C16H23FN2O2/c1-10(19-16(21)12-4-7-14(18)9-12)8-15(20)11-2-5-13(17)6-3-11/h2-3,5-6,10,12,14-15,20H,4,7-9,18H2,1H3,(H,19,21). The molecule has 1 fully saturated rings. The van der Waals surface area contributed by atoms with Crippen molar-refractivity contribution < 1.29 is 14.3 Å². The van der Waals surface area contributed by atoms with Crippen LogP contribution in [0.15, 0.2) is 24.3 Å². The molecule has 1 aliphatic rings. The zero-order valence-electron chi connectivity index (χ0n) is 12.3. The number of benzene rings is 1. The summed E-state index contributed by atoms with van der Waals surface area (Å²) in [5, 5.41) is 13.0. The van der Waals surface area contributed by atoms with Crippen LogP contribution < -0.4 is 11.1 Å². The molecule has 0 radical (unpaired) electrons. The molecule has 0 aliphatic heterocycles. The summed E-state index contributed by atoms with van der Waals surface area (Å²) in [6, 6.07) is 5.74. The number of carbonyl (C=O) groups excluding carboxylic acids is 1. The maximum atomic E-state index is 12.8. The number of aliphatic hydroxyl groups excluding tert-OH is 1. The molecule has 0 spiro atoms. The van der Waals surface area contributed by atoms with Gasteiger partial charge in [0.15, 0.2) is 0 Å². The fraction of sp³-hybridized carbons (Fsp3) is 0.562. The second-order valence-corrected chi connectivity index (χ2v) is 5.98. The Hall–Kier alpha value is -1.46. The van der Waals surface area contributed by atoms with E-state index in [4.69, 9.17) is 5.73 Å². The van der Waals surface area contributed by atoms with Crippen LogP contribution in [0.5, 0.6) is 0 Å². The van der Waals surface area contributed by atoms with Crippen LogP contribution in [0.3, 0.4) is 0 Å². The normalized spacial score (nSPS) is 24.6. The van der Waals surface area contributed by atoms with Crippen molar-refractivity contribution in [3.63, 3.8) is 0 Å². The van der Waals surface area contributed by atoms with Crippen LogP contribution in [0.2, 0.25) is 0 Å². The first-order valence-corrected chi connectivity index (χ1v) is 7.45. The highest BCUT2D eigenvalue weighted by Gasteiger charge is 2.28. The van der Waals surface area contributed by atoms with Gasteiger partial charge in [-0.25, -0.2) is 4.39 Å². The van der Waals surface area contributed by atoms with Crippen molar-refractivity contribution in [1.29, 1.82) is 0 Å². The Balaban J connectivity index is 1.82. The minimum Gasteiger partial charge on any atom is -0.388 e. The van der Waals surface area contributed by atoms with E-state index >= 15 is 0 Å². The first kappa shape index (κ1) is 15.9. The minimum atomic E-state index is -0.716. The average Bonchev–Trinajstić information content (AvgIpc) is 2.86. The van der Waals surface area contributed by atoms with Gasteiger partial charge in [-0.05, 0) is 50.3 Å². The van der Waals surface area contributed by atoms with Crippen LogP contribution in [0, 0.1) is 11.7 Å². The van der Waals surface area contributed by atoms with Gasteiger partial charge in [0, 0.05) is 18.0 Å². The molecule has 0 heterocycles. The minimum absolute atomic E-state index is 0.00888. The van der Waals surface area contributed by atoms with Crippen molar-refractivity contribution in [2.75, 3.05) is 0 Å². The van der Waals surface area contributed by atoms with Gasteiger partial charge in [-0.3, -0.25) is 4.79 Å². The highest BCUT2D eigenvalue weighted by Crippen LogP contribution is 2.25. The number of nitrogens with two attached hydrogens (primary N) is 1. The maximum Gasteiger partial charge on any atom is 0.223 e. The summed E-state index contributed by atoms with van der Waals surface area (Å²) in [6.45, 7) is 1.86. The van der Waals surface area contributed by atoms with Gasteiger partial charge in [0.2, 0.25) is 5.91 Å². The lowest BCUT2D eigenvalue weighted by molar-refractivity contribution is -0.125. The highest BCUT2D eigenvalue weighted by atomic mass is 19.1. The summed E-state index contributed by atoms with van der Waals surface area (Å²) in [5.41, 5.74) is 6.47. The molecular formula is C16H23FN2O2. The Labute approximate surface area is 124 Å². The number of hydrogen-bond acceptors (Lipinski definition) is 3. The first-order chi connectivity index (χ1) is 9.95. The summed E-state index contributed by atoms with van der Waals surface area (Å²) >= 11 is 0. The summed E-state index contributed by atoms with van der Waals surface area (Å²) < 4.78 is 12.8. The second-order valence-electron chi connectivity index (χ2n) is 5.98. The molecule has 1 saturated carbocycles. The van der Waals surface area contributed by atoms with Gasteiger partial charge < -0.3 is 16.2 Å². The molecule has 1 aromatic rings. The Morgan fingerprint density at radius 3 is 2.67 bits per heavy atom. The zero-order chi connectivity index (χ0) is 15.4. The van der Waals surface area contributed by atoms with Crippen LogP contribution in [0.1, 0.15) is 44.3 Å². The van der Waals surface area contributed by atoms with E-state index in [-0.39, 0.29) is 29.7 Å². The molecule has 5 heteroatoms. The number of aliphatic hydroxyl groups is 1. The molecular weight excluding hydrogens is 271 g/mol. The van der Waals surface area contributed by atoms with Crippen molar-refractivity contribution in [3.05, 3.63) is 35.6 Å². The zero-order valence-corrected chi connectivity index (χ0v) is 12.3. The third kappa shape index (κ3) is 4.51. The largest absolute Gasteiger partial charge is 0.388 e. The summed E-state index contributed by atoms with van der Waals surface area (Å²) in [4.78, 5) is 12.1. The number of rotatable bonds is 5. The summed E-state index contributed by atoms with van der Waals surface area (Å²) in [6.07, 6.45) is 2.15. The fourth-order valence-corrected chi connectivity index (χ4v) is 2.83. The van der Waals surface area contributed by atoms with Gasteiger partial charge in [0.05, 0.1) is 6.10 Å². The van der Waals surface area contributed by atoms with Crippen LogP contribution in [0.25, 0.3) is 0 Å². The van der Waals surface area contributed by atoms with E-state index in [1.807, 2.05) is 6.92 Å². The quantitative estimate of drug-likeness (QED) is 0.776. The lowest BCUT2D eigenvalue weighted by Gasteiger charge is -2.20. The number of halogens is 1. The van der Waals surface area contributed by atoms with Gasteiger partial charge >= 0.3 is 0 Å². The van der Waals surface area contributed by atoms with E-state index in [2.05, 4.69) is 5.32 Å². The Bertz CT molecular complexity index is 478. The van der Waals surface area contributed by atoms with Crippen molar-refractivity contribution in [1.82, 2.24) is 5.32 Å².